The fourth-order valence-corrected chi connectivity index (χ4v) is 0.907. The van der Waals surface area contributed by atoms with Gasteiger partial charge in [-0.25, -0.2) is 0 Å². The van der Waals surface area contributed by atoms with Gasteiger partial charge in [-0.05, 0) is 12.1 Å². The van der Waals surface area contributed by atoms with Crippen LogP contribution in [0.1, 0.15) is 12.5 Å². The van der Waals surface area contributed by atoms with Crippen LogP contribution in [0, 0.1) is 11.3 Å². The number of nitrogens with zero attached hydrogens (tertiary/aromatic N) is 1. The van der Waals surface area contributed by atoms with Gasteiger partial charge in [0.25, 0.3) is 0 Å². The van der Waals surface area contributed by atoms with Crippen LogP contribution >= 0.6 is 0 Å². The lowest BCUT2D eigenvalue weighted by molar-refractivity contribution is -0.114. The number of benzene rings is 1. The molecule has 13 heavy (non-hydrogen) atoms. The van der Waals surface area contributed by atoms with Crippen molar-refractivity contribution >= 4 is 11.6 Å². The molecule has 0 radical (unpaired) electrons. The summed E-state index contributed by atoms with van der Waals surface area (Å²) in [6.45, 7) is 1.37. The SMILES string of the molecule is CC(=O)Nc1ccc(C#N)c(O)c1. The van der Waals surface area contributed by atoms with Gasteiger partial charge in [0.2, 0.25) is 5.91 Å². The van der Waals surface area contributed by atoms with Crippen molar-refractivity contribution in [3.05, 3.63) is 23.8 Å². The Kier molecular flexibility index (Phi) is 2.50. The first-order chi connectivity index (χ1) is 6.13. The Labute approximate surface area is 75.4 Å². The summed E-state index contributed by atoms with van der Waals surface area (Å²) in [5, 5.41) is 20.2. The number of anilines is 1. The second-order valence-corrected chi connectivity index (χ2v) is 2.52. The predicted molar refractivity (Wildman–Crippen MR) is 47.1 cm³/mol. The van der Waals surface area contributed by atoms with E-state index in [9.17, 15) is 9.90 Å². The molecule has 0 aliphatic heterocycles. The van der Waals surface area contributed by atoms with Gasteiger partial charge in [-0.2, -0.15) is 5.26 Å². The van der Waals surface area contributed by atoms with Crippen molar-refractivity contribution in [1.82, 2.24) is 0 Å². The molecule has 0 fully saturated rings. The van der Waals surface area contributed by atoms with Gasteiger partial charge in [-0.1, -0.05) is 0 Å². The van der Waals surface area contributed by atoms with Crippen LogP contribution in [-0.4, -0.2) is 11.0 Å². The lowest BCUT2D eigenvalue weighted by Crippen LogP contribution is -2.05. The molecule has 4 heteroatoms. The van der Waals surface area contributed by atoms with E-state index in [2.05, 4.69) is 5.32 Å². The third-order valence-corrected chi connectivity index (χ3v) is 1.44. The number of carbonyl (C=O) groups excluding carboxylic acids is 1. The molecule has 0 aliphatic carbocycles. The van der Waals surface area contributed by atoms with E-state index in [-0.39, 0.29) is 17.2 Å². The Balaban J connectivity index is 2.97. The molecule has 0 spiro atoms. The summed E-state index contributed by atoms with van der Waals surface area (Å²) in [5.74, 6) is -0.349. The second kappa shape index (κ2) is 3.59. The van der Waals surface area contributed by atoms with Gasteiger partial charge in [0.05, 0.1) is 5.56 Å². The Hall–Kier alpha value is -2.02. The first-order valence-corrected chi connectivity index (χ1v) is 3.64. The van der Waals surface area contributed by atoms with Gasteiger partial charge in [0.1, 0.15) is 11.8 Å². The zero-order chi connectivity index (χ0) is 9.84. The maximum Gasteiger partial charge on any atom is 0.221 e. The minimum absolute atomic E-state index is 0.131. The molecule has 0 unspecified atom stereocenters. The van der Waals surface area contributed by atoms with Crippen LogP contribution in [0.2, 0.25) is 0 Å². The van der Waals surface area contributed by atoms with E-state index in [1.165, 1.54) is 19.1 Å². The van der Waals surface area contributed by atoms with E-state index in [1.807, 2.05) is 6.07 Å². The maximum atomic E-state index is 10.6. The number of aromatic hydroxyl groups is 1. The number of hydrogen-bond acceptors (Lipinski definition) is 3. The average molecular weight is 176 g/mol. The molecule has 0 bridgehead atoms. The molecule has 0 saturated carbocycles. The van der Waals surface area contributed by atoms with E-state index in [0.717, 1.165) is 0 Å². The molecule has 1 rings (SSSR count). The second-order valence-electron chi connectivity index (χ2n) is 2.52. The highest BCUT2D eigenvalue weighted by atomic mass is 16.3. The fraction of sp³-hybridized carbons (Fsp3) is 0.111. The van der Waals surface area contributed by atoms with Crippen LogP contribution < -0.4 is 5.32 Å². The van der Waals surface area contributed by atoms with E-state index in [0.29, 0.717) is 5.69 Å². The van der Waals surface area contributed by atoms with Crippen molar-refractivity contribution in [2.75, 3.05) is 5.32 Å². The highest BCUT2D eigenvalue weighted by Crippen LogP contribution is 2.20. The zero-order valence-electron chi connectivity index (χ0n) is 7.03. The summed E-state index contributed by atoms with van der Waals surface area (Å²) in [6.07, 6.45) is 0. The Morgan fingerprint density at radius 1 is 1.62 bits per heavy atom. The Bertz CT molecular complexity index is 380. The average Bonchev–Trinajstić information content (AvgIpc) is 2.03. The largest absolute Gasteiger partial charge is 0.506 e. The molecular weight excluding hydrogens is 168 g/mol. The molecule has 0 heterocycles. The first kappa shape index (κ1) is 9.07. The molecule has 66 valence electrons. The van der Waals surface area contributed by atoms with Crippen LogP contribution in [0.15, 0.2) is 18.2 Å². The van der Waals surface area contributed by atoms with Crippen molar-refractivity contribution in [3.8, 4) is 11.8 Å². The number of carbonyl (C=O) groups is 1. The summed E-state index contributed by atoms with van der Waals surface area (Å²) in [7, 11) is 0. The quantitative estimate of drug-likeness (QED) is 0.675. The number of hydrogen-bond donors (Lipinski definition) is 2. The van der Waals surface area contributed by atoms with Crippen molar-refractivity contribution in [2.45, 2.75) is 6.92 Å². The highest BCUT2D eigenvalue weighted by Gasteiger charge is 2.01. The lowest BCUT2D eigenvalue weighted by atomic mass is 10.2. The van der Waals surface area contributed by atoms with Crippen LogP contribution in [0.5, 0.6) is 5.75 Å². The summed E-state index contributed by atoms with van der Waals surface area (Å²) < 4.78 is 0. The minimum Gasteiger partial charge on any atom is -0.506 e. The summed E-state index contributed by atoms with van der Waals surface area (Å²) >= 11 is 0. The van der Waals surface area contributed by atoms with E-state index in [1.54, 1.807) is 6.07 Å². The molecule has 1 aromatic carbocycles. The molecule has 0 atom stereocenters. The smallest absolute Gasteiger partial charge is 0.221 e. The van der Waals surface area contributed by atoms with Gasteiger partial charge in [-0.3, -0.25) is 4.79 Å². The molecule has 4 nitrogen and oxygen atoms in total. The van der Waals surface area contributed by atoms with E-state index in [4.69, 9.17) is 5.26 Å². The molecule has 0 aromatic heterocycles. The maximum absolute atomic E-state index is 10.6. The Morgan fingerprint density at radius 2 is 2.31 bits per heavy atom. The molecule has 2 N–H and O–H groups in total. The summed E-state index contributed by atoms with van der Waals surface area (Å²) in [5.41, 5.74) is 0.665. The van der Waals surface area contributed by atoms with Gasteiger partial charge < -0.3 is 10.4 Å². The van der Waals surface area contributed by atoms with Crippen molar-refractivity contribution < 1.29 is 9.90 Å². The molecule has 1 aromatic rings. The number of amides is 1. The highest BCUT2D eigenvalue weighted by molar-refractivity contribution is 5.89. The number of phenols is 1. The van der Waals surface area contributed by atoms with Gasteiger partial charge in [-0.15, -0.1) is 0 Å². The van der Waals surface area contributed by atoms with Crippen molar-refractivity contribution in [3.63, 3.8) is 0 Å². The van der Waals surface area contributed by atoms with E-state index >= 15 is 0 Å². The predicted octanol–water partition coefficient (Wildman–Crippen LogP) is 1.22. The first-order valence-electron chi connectivity index (χ1n) is 3.64. The number of rotatable bonds is 1. The standard InChI is InChI=1S/C9H8N2O2/c1-6(12)11-8-3-2-7(5-10)9(13)4-8/h2-4,13H,1H3,(H,11,12). The summed E-state index contributed by atoms with van der Waals surface area (Å²) in [6, 6.07) is 6.15. The third kappa shape index (κ3) is 2.20. The monoisotopic (exact) mass is 176 g/mol. The van der Waals surface area contributed by atoms with Crippen LogP contribution in [-0.2, 0) is 4.79 Å². The van der Waals surface area contributed by atoms with Gasteiger partial charge >= 0.3 is 0 Å². The van der Waals surface area contributed by atoms with Crippen LogP contribution in [0.4, 0.5) is 5.69 Å². The summed E-state index contributed by atoms with van der Waals surface area (Å²) in [4.78, 5) is 10.6. The molecule has 1 amide bonds. The molecule has 0 aliphatic rings. The number of nitrogens with one attached hydrogen (secondary N) is 1. The van der Waals surface area contributed by atoms with E-state index < -0.39 is 0 Å². The fourth-order valence-electron chi connectivity index (χ4n) is 0.907. The Morgan fingerprint density at radius 3 is 2.77 bits per heavy atom. The van der Waals surface area contributed by atoms with Crippen LogP contribution in [0.25, 0.3) is 0 Å². The zero-order valence-corrected chi connectivity index (χ0v) is 7.03. The van der Waals surface area contributed by atoms with Gasteiger partial charge in [0.15, 0.2) is 0 Å². The minimum atomic E-state index is -0.218. The van der Waals surface area contributed by atoms with Crippen LogP contribution in [0.3, 0.4) is 0 Å². The third-order valence-electron chi connectivity index (χ3n) is 1.44. The van der Waals surface area contributed by atoms with Gasteiger partial charge in [0, 0.05) is 18.7 Å². The lowest BCUT2D eigenvalue weighted by Gasteiger charge is -2.02. The number of nitriles is 1. The van der Waals surface area contributed by atoms with Crippen molar-refractivity contribution in [1.29, 1.82) is 5.26 Å². The van der Waals surface area contributed by atoms with Crippen molar-refractivity contribution in [2.24, 2.45) is 0 Å². The molecular formula is C9H8N2O2. The normalized spacial score (nSPS) is 8.92. The molecule has 0 saturated heterocycles. The number of phenolic OH excluding ortho intramolecular Hbond substituents is 1. The topological polar surface area (TPSA) is 73.1 Å².